The number of phenolic OH excluding ortho intramolecular Hbond substituents is 4. The maximum Gasteiger partial charge on any atom is 0.333 e. The van der Waals surface area contributed by atoms with Crippen LogP contribution in [0.1, 0.15) is 118 Å². The van der Waals surface area contributed by atoms with Crippen LogP contribution < -0.4 is 16.2 Å². The molecule has 22 atom stereocenters. The van der Waals surface area contributed by atoms with E-state index in [2.05, 4.69) is 4.79 Å². The molecule has 4 aromatic carbocycles. The van der Waals surface area contributed by atoms with Crippen LogP contribution in [0.15, 0.2) is 62.2 Å². The molecule has 4 heterocycles. The fourth-order valence-corrected chi connectivity index (χ4v) is 17.0. The van der Waals surface area contributed by atoms with Crippen LogP contribution in [0.25, 0.3) is 32.8 Å². The summed E-state index contributed by atoms with van der Waals surface area (Å²) in [5, 5.41) is 105. The first-order chi connectivity index (χ1) is 45.5. The van der Waals surface area contributed by atoms with Crippen molar-refractivity contribution in [1.29, 1.82) is 0 Å². The molecule has 518 valence electrons. The van der Waals surface area contributed by atoms with E-state index in [1.54, 1.807) is 72.6 Å². The van der Waals surface area contributed by atoms with Crippen LogP contribution in [0.4, 0.5) is 0 Å². The lowest BCUT2D eigenvalue weighted by molar-refractivity contribution is -0.349. The molecule has 0 spiro atoms. The minimum absolute atomic E-state index is 0.178. The highest BCUT2D eigenvalue weighted by Crippen LogP contribution is 2.63. The van der Waals surface area contributed by atoms with Crippen molar-refractivity contribution in [2.75, 3.05) is 42.4 Å². The Labute approximate surface area is 550 Å². The molecule has 1 saturated carbocycles. The minimum atomic E-state index is -2.59. The number of phenols is 4. The molecular weight excluding hydrogens is 1260 g/mol. The normalized spacial score (nSPS) is 37.1. The highest BCUT2D eigenvalue weighted by atomic mass is 16.7. The number of benzene rings is 3. The number of aromatic hydroxyl groups is 4. The first kappa shape index (κ1) is 69.1. The maximum atomic E-state index is 17.8. The molecule has 4 aromatic rings. The van der Waals surface area contributed by atoms with Gasteiger partial charge in [0.15, 0.2) is 53.4 Å². The number of hydrogen-bond acceptors (Lipinski definition) is 26. The summed E-state index contributed by atoms with van der Waals surface area (Å²) in [5.41, 5.74) is 0.774. The van der Waals surface area contributed by atoms with E-state index in [-0.39, 0.29) is 36.8 Å². The van der Waals surface area contributed by atoms with E-state index in [1.807, 2.05) is 0 Å². The van der Waals surface area contributed by atoms with E-state index in [4.69, 9.17) is 47.4 Å². The minimum Gasteiger partial charge on any atom is -0.507 e. The van der Waals surface area contributed by atoms with Gasteiger partial charge in [0, 0.05) is 67.6 Å². The van der Waals surface area contributed by atoms with Crippen molar-refractivity contribution in [3.8, 4) is 23.0 Å². The zero-order chi connectivity index (χ0) is 69.5. The Bertz CT molecular complexity index is 4110. The molecular formula is C68H82N4O24. The predicted molar refractivity (Wildman–Crippen MR) is 335 cm³/mol. The fraction of sp³-hybridized carbons (Fsp3) is 0.588. The zero-order valence-electron chi connectivity index (χ0n) is 55.1. The third-order valence-electron chi connectivity index (χ3n) is 21.4. The summed E-state index contributed by atoms with van der Waals surface area (Å²) in [5.74, 6) is -12.1. The van der Waals surface area contributed by atoms with Gasteiger partial charge in [-0.05, 0) is 105 Å². The number of likely N-dealkylation sites (N-methyl/N-ethyl adjacent to an activating group) is 2. The molecule has 4 saturated heterocycles. The van der Waals surface area contributed by atoms with Crippen molar-refractivity contribution in [3.05, 3.63) is 106 Å². The summed E-state index contributed by atoms with van der Waals surface area (Å²) in [4.78, 5) is 86.4. The van der Waals surface area contributed by atoms with Crippen LogP contribution in [0.3, 0.4) is 0 Å². The largest absolute Gasteiger partial charge is 0.507 e. The number of aliphatic hydroxyl groups excluding tert-OH is 5. The third kappa shape index (κ3) is 10.4. The number of carbonyl (C=O) groups excluding carboxylic acids is 3. The Morgan fingerprint density at radius 2 is 1.01 bits per heavy atom. The first-order valence-electron chi connectivity index (χ1n) is 32.3. The van der Waals surface area contributed by atoms with Gasteiger partial charge in [0.05, 0.1) is 100 Å². The summed E-state index contributed by atoms with van der Waals surface area (Å²) in [6, 6.07) is 2.51. The highest BCUT2D eigenvalue weighted by molar-refractivity contribution is 6.28. The highest BCUT2D eigenvalue weighted by Gasteiger charge is 2.72. The van der Waals surface area contributed by atoms with E-state index < -0.39 is 264 Å². The molecule has 0 aromatic heterocycles. The number of carbonyl (C=O) groups is 3. The molecule has 9 N–H and O–H groups in total. The van der Waals surface area contributed by atoms with Crippen molar-refractivity contribution in [3.63, 3.8) is 0 Å². The monoisotopic (exact) mass is 1340 g/mol. The fourth-order valence-electron chi connectivity index (χ4n) is 17.0. The molecule has 28 nitrogen and oxygen atoms in total. The summed E-state index contributed by atoms with van der Waals surface area (Å²) in [6.07, 6.45) is -21.6. The van der Waals surface area contributed by atoms with Crippen LogP contribution in [-0.4, -0.2) is 236 Å². The number of ether oxygens (including phenoxy) is 10. The van der Waals surface area contributed by atoms with Gasteiger partial charge in [0.1, 0.15) is 69.8 Å². The van der Waals surface area contributed by atoms with Gasteiger partial charge in [-0.15, -0.1) is 0 Å². The second-order valence-corrected chi connectivity index (χ2v) is 27.0. The van der Waals surface area contributed by atoms with Gasteiger partial charge in [-0.25, -0.2) is 0 Å². The van der Waals surface area contributed by atoms with E-state index in [0.29, 0.717) is 0 Å². The van der Waals surface area contributed by atoms with Gasteiger partial charge in [-0.3, -0.25) is 24.0 Å². The Hall–Kier alpha value is -6.77. The number of rotatable bonds is 15. The Morgan fingerprint density at radius 3 is 1.47 bits per heavy atom. The average Bonchev–Trinajstić information content (AvgIpc) is 1.40. The van der Waals surface area contributed by atoms with Gasteiger partial charge < -0.3 is 109 Å². The van der Waals surface area contributed by atoms with Crippen LogP contribution in [0.5, 0.6) is 23.0 Å². The van der Waals surface area contributed by atoms with Gasteiger partial charge in [0.2, 0.25) is 0 Å². The lowest BCUT2D eigenvalue weighted by atomic mass is 9.54. The van der Waals surface area contributed by atoms with E-state index in [9.17, 15) is 61.1 Å². The van der Waals surface area contributed by atoms with Gasteiger partial charge >= 0.3 is 5.36 Å². The molecule has 4 aliphatic carbocycles. The van der Waals surface area contributed by atoms with Crippen LogP contribution in [0.2, 0.25) is 0 Å². The van der Waals surface area contributed by atoms with Crippen molar-refractivity contribution in [2.45, 2.75) is 202 Å². The second kappa shape index (κ2) is 25.5. The molecule has 4 aliphatic heterocycles. The number of aliphatic hydroxyl groups is 5. The number of Topliss-reactive ketones (excluding diaryl/α,β-unsaturated/α-hetero) is 3. The molecule has 96 heavy (non-hydrogen) atoms. The SMILES string of the molecule is CC[C@@]1(O[C@@H]2C[C@@H](OC)[C@H](O)[C@@H](C)O2)[C@H](O[C@@H]2C[C@H](O)[C@@H](N(C)C)[C@H](C)O2)C2=CC3=C(O)c4c(O)ccc(O)c4C(=O)C3=C2C(=O)[C@@H]1[C@H]1C(=O)c2c(c(=[N+]=[N-])c3c(O)c4c(=O)ccc(=O)c4c(O)c23)[C@@H](O[C@@H]2C[C@H](O)[C@@H](N(C)C)[C@H](C)O2)[C@@]1(CC)O[C@@H]1C[C@@H](OC)[C@H](O)[C@@H](C)O1. The number of allylic oxidation sites excluding steroid dienone is 3. The van der Waals surface area contributed by atoms with Crippen molar-refractivity contribution in [1.82, 2.24) is 9.80 Å². The Balaban J connectivity index is 1.23. The first-order valence-corrected chi connectivity index (χ1v) is 32.3. The maximum absolute atomic E-state index is 17.8. The lowest BCUT2D eigenvalue weighted by Crippen LogP contribution is -2.70. The molecule has 5 fully saturated rings. The van der Waals surface area contributed by atoms with Crippen molar-refractivity contribution < 1.29 is 113 Å². The smallest absolute Gasteiger partial charge is 0.333 e. The quantitative estimate of drug-likeness (QED) is 0.0469. The second-order valence-electron chi connectivity index (χ2n) is 27.0. The topological polar surface area (TPSA) is 403 Å². The van der Waals surface area contributed by atoms with Crippen molar-refractivity contribution in [2.24, 2.45) is 11.8 Å². The number of hydrogen-bond donors (Lipinski definition) is 9. The standard InChI is InChI=1S/C68H82N4O24/c1-13-67(95-40-22-36(87-11)57(79)26(5)91-40)52(63(85)43-29(65(67)93-38-20-34(77)55(71(7)8)24(3)89-38)19-28-42(43)60(82)45-31(74)16-15-30(73)44(45)59(28)81)53-64(86)49-48-50(62(84)47-33(76)18-17-32(75)46(47)61(48)83)54(70-69)51(49)66(94-39-21-35(78)56(72(9)10)25(4)90-39)68(53,14-2)96-41-23-37(88-12)58(80)27(6)92-41/h15-19,24-27,34-41,52-53,55-58,65-66,73-74,77-81,83-84H,13-14,20-23H2,1-12H3/t24-,25-,26+,27+,34-,35-,36+,37+,38+,39+,40+,41+,52-,53-,55-,56-,57+,58+,65+,66+,67-,68-/m0/s1. The van der Waals surface area contributed by atoms with E-state index in [0.717, 1.165) is 24.3 Å². The number of methoxy groups -OCH3 is 2. The molecule has 0 radical (unpaired) electrons. The third-order valence-corrected chi connectivity index (χ3v) is 21.4. The summed E-state index contributed by atoms with van der Waals surface area (Å²) < 4.78 is 67.7. The zero-order valence-corrected chi connectivity index (χ0v) is 55.1. The number of ketones is 3. The average molecular weight is 1340 g/mol. The van der Waals surface area contributed by atoms with Crippen LogP contribution in [-0.2, 0) is 52.2 Å². The lowest BCUT2D eigenvalue weighted by Gasteiger charge is -2.58. The number of nitrogens with zero attached hydrogens (tertiary/aromatic N) is 4. The predicted octanol–water partition coefficient (Wildman–Crippen LogP) is 2.60. The summed E-state index contributed by atoms with van der Waals surface area (Å²) >= 11 is 0. The summed E-state index contributed by atoms with van der Waals surface area (Å²) in [6.45, 7) is 9.59. The van der Waals surface area contributed by atoms with Gasteiger partial charge in [0.25, 0.3) is 0 Å². The van der Waals surface area contributed by atoms with E-state index in [1.165, 1.54) is 27.2 Å². The van der Waals surface area contributed by atoms with Crippen molar-refractivity contribution >= 4 is 44.7 Å². The number of fused-ring (bicyclic) bond motifs is 7. The summed E-state index contributed by atoms with van der Waals surface area (Å²) in [7, 11) is 9.64. The molecule has 28 heteroatoms. The molecule has 0 amide bonds. The molecule has 0 unspecified atom stereocenters. The Morgan fingerprint density at radius 1 is 0.562 bits per heavy atom. The van der Waals surface area contributed by atoms with Gasteiger partial charge in [-0.1, -0.05) is 13.8 Å². The van der Waals surface area contributed by atoms with E-state index >= 15 is 14.4 Å². The van der Waals surface area contributed by atoms with Crippen LogP contribution >= 0.6 is 0 Å². The Kier molecular flexibility index (Phi) is 18.4. The molecule has 8 aliphatic rings. The van der Waals surface area contributed by atoms with Gasteiger partial charge in [-0.2, -0.15) is 4.79 Å². The molecule has 0 bridgehead atoms. The van der Waals surface area contributed by atoms with Crippen LogP contribution in [0, 0.1) is 11.8 Å². The molecule has 12 rings (SSSR count).